The Hall–Kier alpha value is -2.96. The van der Waals surface area contributed by atoms with Gasteiger partial charge in [0.15, 0.2) is 11.3 Å². The second kappa shape index (κ2) is 7.58. The predicted molar refractivity (Wildman–Crippen MR) is 106 cm³/mol. The van der Waals surface area contributed by atoms with E-state index in [-0.39, 0.29) is 17.8 Å². The minimum atomic E-state index is -0.230. The number of hydrogen-bond acceptors (Lipinski definition) is 4. The van der Waals surface area contributed by atoms with E-state index < -0.39 is 0 Å². The second-order valence-electron chi connectivity index (χ2n) is 7.62. The molecule has 2 aromatic heterocycles. The van der Waals surface area contributed by atoms with Crippen LogP contribution in [0.3, 0.4) is 0 Å². The van der Waals surface area contributed by atoms with E-state index in [2.05, 4.69) is 20.3 Å². The second-order valence-corrected chi connectivity index (χ2v) is 7.62. The normalized spacial score (nSPS) is 16.9. The molecule has 1 saturated heterocycles. The van der Waals surface area contributed by atoms with Crippen molar-refractivity contribution in [2.45, 2.75) is 32.7 Å². The van der Waals surface area contributed by atoms with Crippen LogP contribution in [0, 0.1) is 11.7 Å². The molecule has 1 aromatic carbocycles. The maximum Gasteiger partial charge on any atom is 0.271 e. The average Bonchev–Trinajstić information content (AvgIpc) is 3.32. The Morgan fingerprint density at radius 2 is 2.18 bits per heavy atom. The Balaban J connectivity index is 1.65. The van der Waals surface area contributed by atoms with Gasteiger partial charge in [0.25, 0.3) is 5.91 Å². The fourth-order valence-electron chi connectivity index (χ4n) is 3.66. The zero-order valence-electron chi connectivity index (χ0n) is 16.1. The summed E-state index contributed by atoms with van der Waals surface area (Å²) in [5, 5.41) is 7.60. The van der Waals surface area contributed by atoms with Crippen LogP contribution in [0.2, 0.25) is 0 Å². The van der Waals surface area contributed by atoms with Gasteiger partial charge in [-0.2, -0.15) is 0 Å². The van der Waals surface area contributed by atoms with Gasteiger partial charge in [0.05, 0.1) is 12.2 Å². The van der Waals surface area contributed by atoms with Crippen molar-refractivity contribution >= 4 is 17.4 Å². The summed E-state index contributed by atoms with van der Waals surface area (Å²) in [7, 11) is 0. The number of halogens is 1. The minimum Gasteiger partial charge on any atom is -0.350 e. The topological polar surface area (TPSA) is 62.5 Å². The first kappa shape index (κ1) is 18.4. The van der Waals surface area contributed by atoms with Crippen LogP contribution in [0.15, 0.2) is 42.6 Å². The molecule has 6 nitrogen and oxygen atoms in total. The predicted octanol–water partition coefficient (Wildman–Crippen LogP) is 3.60. The number of rotatable bonds is 5. The zero-order valence-corrected chi connectivity index (χ0v) is 16.1. The number of hydrogen-bond donors (Lipinski definition) is 1. The van der Waals surface area contributed by atoms with Gasteiger partial charge in [-0.3, -0.25) is 4.79 Å². The summed E-state index contributed by atoms with van der Waals surface area (Å²) < 4.78 is 15.3. The highest BCUT2D eigenvalue weighted by Gasteiger charge is 2.28. The van der Waals surface area contributed by atoms with Gasteiger partial charge in [-0.15, -0.1) is 5.10 Å². The molecule has 1 aliphatic heterocycles. The van der Waals surface area contributed by atoms with Crippen LogP contribution in [0.4, 0.5) is 10.2 Å². The maximum atomic E-state index is 13.7. The van der Waals surface area contributed by atoms with E-state index in [1.165, 1.54) is 6.07 Å². The lowest BCUT2D eigenvalue weighted by Crippen LogP contribution is -2.29. The third kappa shape index (κ3) is 3.56. The molecule has 0 aliphatic carbocycles. The van der Waals surface area contributed by atoms with Crippen LogP contribution in [0.5, 0.6) is 0 Å². The molecule has 28 heavy (non-hydrogen) atoms. The van der Waals surface area contributed by atoms with Crippen molar-refractivity contribution in [1.82, 2.24) is 19.9 Å². The quantitative estimate of drug-likeness (QED) is 0.734. The fourth-order valence-corrected chi connectivity index (χ4v) is 3.66. The molecule has 0 spiro atoms. The number of carbonyl (C=O) groups is 1. The largest absolute Gasteiger partial charge is 0.350 e. The van der Waals surface area contributed by atoms with Gasteiger partial charge < -0.3 is 10.2 Å². The third-order valence-electron chi connectivity index (χ3n) is 5.03. The Kier molecular flexibility index (Phi) is 4.98. The van der Waals surface area contributed by atoms with Crippen molar-refractivity contribution in [2.24, 2.45) is 5.92 Å². The first-order valence-corrected chi connectivity index (χ1v) is 9.68. The number of benzene rings is 1. The van der Waals surface area contributed by atoms with Gasteiger partial charge in [-0.05, 0) is 48.6 Å². The molecular formula is C21H24FN5O. The lowest BCUT2D eigenvalue weighted by Gasteiger charge is -2.26. The van der Waals surface area contributed by atoms with Crippen LogP contribution >= 0.6 is 0 Å². The Bertz CT molecular complexity index is 999. The van der Waals surface area contributed by atoms with Crippen molar-refractivity contribution < 1.29 is 9.18 Å². The van der Waals surface area contributed by atoms with E-state index >= 15 is 0 Å². The smallest absolute Gasteiger partial charge is 0.271 e. The van der Waals surface area contributed by atoms with Crippen LogP contribution < -0.4 is 10.2 Å². The van der Waals surface area contributed by atoms with E-state index in [0.717, 1.165) is 30.8 Å². The first-order chi connectivity index (χ1) is 13.5. The van der Waals surface area contributed by atoms with E-state index in [1.807, 2.05) is 32.0 Å². The highest BCUT2D eigenvalue weighted by atomic mass is 19.1. The summed E-state index contributed by atoms with van der Waals surface area (Å²) in [6.07, 6.45) is 3.50. The van der Waals surface area contributed by atoms with Crippen LogP contribution in [0.1, 0.15) is 48.8 Å². The number of fused-ring (bicyclic) bond motifs is 1. The number of aromatic nitrogens is 3. The SMILES string of the molecule is CC(C)CNC(=O)c1cnc2ccc(N3CCC[C@@H]3c3cccc(F)c3)nn12. The maximum absolute atomic E-state index is 13.7. The Morgan fingerprint density at radius 3 is 2.96 bits per heavy atom. The molecule has 7 heteroatoms. The van der Waals surface area contributed by atoms with Gasteiger partial charge in [-0.25, -0.2) is 13.9 Å². The summed E-state index contributed by atoms with van der Waals surface area (Å²) in [5.41, 5.74) is 1.99. The molecule has 1 aliphatic rings. The highest BCUT2D eigenvalue weighted by Crippen LogP contribution is 2.35. The van der Waals surface area contributed by atoms with Crippen molar-refractivity contribution in [3.63, 3.8) is 0 Å². The van der Waals surface area contributed by atoms with Gasteiger partial charge >= 0.3 is 0 Å². The molecular weight excluding hydrogens is 357 g/mol. The van der Waals surface area contributed by atoms with Gasteiger partial charge in [0.2, 0.25) is 0 Å². The number of carbonyl (C=O) groups excluding carboxylic acids is 1. The number of nitrogens with one attached hydrogen (secondary N) is 1. The van der Waals surface area contributed by atoms with Gasteiger partial charge in [-0.1, -0.05) is 26.0 Å². The van der Waals surface area contributed by atoms with E-state index in [4.69, 9.17) is 0 Å². The average molecular weight is 381 g/mol. The van der Waals surface area contributed by atoms with Crippen molar-refractivity contribution in [3.05, 3.63) is 59.7 Å². The number of anilines is 1. The molecule has 0 bridgehead atoms. The summed E-state index contributed by atoms with van der Waals surface area (Å²) >= 11 is 0. The fraction of sp³-hybridized carbons (Fsp3) is 0.381. The van der Waals surface area contributed by atoms with E-state index in [1.54, 1.807) is 22.8 Å². The molecule has 1 atom stereocenters. The molecule has 1 N–H and O–H groups in total. The molecule has 0 unspecified atom stereocenters. The van der Waals surface area contributed by atoms with E-state index in [9.17, 15) is 9.18 Å². The van der Waals surface area contributed by atoms with Gasteiger partial charge in [0.1, 0.15) is 11.6 Å². The lowest BCUT2D eigenvalue weighted by atomic mass is 10.0. The number of nitrogens with zero attached hydrogens (tertiary/aromatic N) is 4. The summed E-state index contributed by atoms with van der Waals surface area (Å²) in [6, 6.07) is 10.6. The van der Waals surface area contributed by atoms with Crippen LogP contribution in [0.25, 0.3) is 5.65 Å². The Morgan fingerprint density at radius 1 is 1.32 bits per heavy atom. The third-order valence-corrected chi connectivity index (χ3v) is 5.03. The Labute approximate surface area is 163 Å². The molecule has 3 heterocycles. The number of imidazole rings is 1. The summed E-state index contributed by atoms with van der Waals surface area (Å²) in [5.74, 6) is 0.707. The molecule has 3 aromatic rings. The molecule has 146 valence electrons. The van der Waals surface area contributed by atoms with Crippen molar-refractivity contribution in [3.8, 4) is 0 Å². The molecule has 0 radical (unpaired) electrons. The van der Waals surface area contributed by atoms with E-state index in [0.29, 0.717) is 23.8 Å². The summed E-state index contributed by atoms with van der Waals surface area (Å²) in [6.45, 7) is 5.53. The van der Waals surface area contributed by atoms with Gasteiger partial charge in [0, 0.05) is 13.1 Å². The molecule has 4 rings (SSSR count). The van der Waals surface area contributed by atoms with Crippen molar-refractivity contribution in [1.29, 1.82) is 0 Å². The number of amides is 1. The summed E-state index contributed by atoms with van der Waals surface area (Å²) in [4.78, 5) is 19.0. The molecule has 0 saturated carbocycles. The van der Waals surface area contributed by atoms with Crippen molar-refractivity contribution in [2.75, 3.05) is 18.0 Å². The highest BCUT2D eigenvalue weighted by molar-refractivity contribution is 5.93. The molecule has 1 amide bonds. The monoisotopic (exact) mass is 381 g/mol. The first-order valence-electron chi connectivity index (χ1n) is 9.68. The zero-order chi connectivity index (χ0) is 19.7. The standard InChI is InChI=1S/C21H24FN5O/c1-14(2)12-24-21(28)18-13-23-19-8-9-20(25-27(18)19)26-10-4-7-17(26)15-5-3-6-16(22)11-15/h3,5-6,8-9,11,13-14,17H,4,7,10,12H2,1-2H3,(H,24,28)/t17-/m1/s1. The van der Waals surface area contributed by atoms with Crippen LogP contribution in [-0.2, 0) is 0 Å². The minimum absolute atomic E-state index is 0.0717. The van der Waals surface area contributed by atoms with Crippen LogP contribution in [-0.4, -0.2) is 33.6 Å². The molecule has 1 fully saturated rings. The lowest BCUT2D eigenvalue weighted by molar-refractivity contribution is 0.0942.